The molecule has 0 radical (unpaired) electrons. The third-order valence-electron chi connectivity index (χ3n) is 2.95. The highest BCUT2D eigenvalue weighted by Crippen LogP contribution is 2.27. The summed E-state index contributed by atoms with van der Waals surface area (Å²) >= 11 is 0. The molecule has 2 rings (SSSR count). The van der Waals surface area contributed by atoms with Gasteiger partial charge in [-0.3, -0.25) is 20.3 Å². The molecule has 0 aliphatic rings. The molecule has 23 heavy (non-hydrogen) atoms. The lowest BCUT2D eigenvalue weighted by Crippen LogP contribution is -2.38. The Morgan fingerprint density at radius 2 is 1.91 bits per heavy atom. The number of hydrogen-bond acceptors (Lipinski definition) is 3. The molecule has 8 heteroatoms. The number of halogens is 3. The van der Waals surface area contributed by atoms with Gasteiger partial charge in [0.15, 0.2) is 5.69 Å². The Kier molecular flexibility index (Phi) is 5.05. The van der Waals surface area contributed by atoms with E-state index in [2.05, 4.69) is 16.0 Å². The van der Waals surface area contributed by atoms with E-state index in [4.69, 9.17) is 0 Å². The van der Waals surface area contributed by atoms with Crippen molar-refractivity contribution in [2.24, 2.45) is 0 Å². The molecule has 5 nitrogen and oxygen atoms in total. The van der Waals surface area contributed by atoms with Gasteiger partial charge in [0.1, 0.15) is 6.54 Å². The van der Waals surface area contributed by atoms with Gasteiger partial charge in [-0.25, -0.2) is 0 Å². The Bertz CT molecular complexity index is 692. The van der Waals surface area contributed by atoms with E-state index >= 15 is 0 Å². The second-order valence-corrected chi connectivity index (χ2v) is 4.64. The zero-order valence-electron chi connectivity index (χ0n) is 12.3. The van der Waals surface area contributed by atoms with Crippen molar-refractivity contribution in [1.29, 1.82) is 0 Å². The van der Waals surface area contributed by atoms with Gasteiger partial charge in [-0.2, -0.15) is 18.3 Å². The molecule has 2 N–H and O–H groups in total. The van der Waals surface area contributed by atoms with Gasteiger partial charge in [0.05, 0.1) is 5.70 Å². The van der Waals surface area contributed by atoms with E-state index < -0.39 is 17.8 Å². The second-order valence-electron chi connectivity index (χ2n) is 4.64. The number of nitrogens with one attached hydrogen (secondary N) is 2. The lowest BCUT2D eigenvalue weighted by atomic mass is 10.1. The molecule has 0 saturated heterocycles. The van der Waals surface area contributed by atoms with Crippen LogP contribution in [-0.4, -0.2) is 15.7 Å². The molecular formula is C15H15F3N4O. The number of carbonyl (C=O) groups excluding carboxylic acids is 1. The van der Waals surface area contributed by atoms with Crippen molar-refractivity contribution in [2.45, 2.75) is 19.6 Å². The number of aromatic nitrogens is 2. The Morgan fingerprint density at radius 3 is 2.48 bits per heavy atom. The first-order valence-corrected chi connectivity index (χ1v) is 6.77. The van der Waals surface area contributed by atoms with Crippen molar-refractivity contribution in [3.8, 4) is 0 Å². The molecule has 1 aromatic heterocycles. The van der Waals surface area contributed by atoms with Crippen LogP contribution in [0.5, 0.6) is 0 Å². The maximum atomic E-state index is 12.4. The number of benzene rings is 1. The molecule has 0 bridgehead atoms. The van der Waals surface area contributed by atoms with Gasteiger partial charge >= 0.3 is 6.18 Å². The summed E-state index contributed by atoms with van der Waals surface area (Å²) in [5.41, 5.74) is 5.68. The standard InChI is InChI=1S/C15H15F3N4O/c1-2-12(11-6-4-3-5-7-11)19-20-14(23)10-22-9-8-13(21-22)15(16,17)18/h2-9,19H,10H2,1H3,(H,20,23)/b12-2-. The predicted octanol–water partition coefficient (Wildman–Crippen LogP) is 2.58. The van der Waals surface area contributed by atoms with Crippen LogP contribution in [0.15, 0.2) is 48.7 Å². The van der Waals surface area contributed by atoms with Crippen molar-refractivity contribution in [1.82, 2.24) is 20.6 Å². The molecule has 0 aliphatic carbocycles. The zero-order valence-corrected chi connectivity index (χ0v) is 12.3. The first-order chi connectivity index (χ1) is 10.9. The van der Waals surface area contributed by atoms with Gasteiger partial charge < -0.3 is 0 Å². The smallest absolute Gasteiger partial charge is 0.298 e. The average Bonchev–Trinajstić information content (AvgIpc) is 2.97. The highest BCUT2D eigenvalue weighted by atomic mass is 19.4. The molecule has 1 amide bonds. The molecule has 0 saturated carbocycles. The molecule has 2 aromatic rings. The first kappa shape index (κ1) is 16.6. The van der Waals surface area contributed by atoms with E-state index in [9.17, 15) is 18.0 Å². The highest BCUT2D eigenvalue weighted by Gasteiger charge is 2.33. The van der Waals surface area contributed by atoms with Crippen molar-refractivity contribution in [3.05, 3.63) is 59.9 Å². The molecule has 0 atom stereocenters. The number of allylic oxidation sites excluding steroid dienone is 1. The summed E-state index contributed by atoms with van der Waals surface area (Å²) in [6.07, 6.45) is -1.65. The van der Waals surface area contributed by atoms with Crippen molar-refractivity contribution in [2.75, 3.05) is 0 Å². The number of nitrogens with zero attached hydrogens (tertiary/aromatic N) is 2. The highest BCUT2D eigenvalue weighted by molar-refractivity contribution is 5.77. The van der Waals surface area contributed by atoms with E-state index in [1.807, 2.05) is 30.3 Å². The SMILES string of the molecule is C/C=C(\NNC(=O)Cn1ccc(C(F)(F)F)n1)c1ccccc1. The number of rotatable bonds is 5. The van der Waals surface area contributed by atoms with Gasteiger partial charge in [0, 0.05) is 6.20 Å². The summed E-state index contributed by atoms with van der Waals surface area (Å²) in [5.74, 6) is -0.517. The van der Waals surface area contributed by atoms with Gasteiger partial charge in [-0.05, 0) is 18.6 Å². The third kappa shape index (κ3) is 4.60. The van der Waals surface area contributed by atoms with Crippen molar-refractivity contribution >= 4 is 11.6 Å². The van der Waals surface area contributed by atoms with Crippen molar-refractivity contribution < 1.29 is 18.0 Å². The molecule has 0 spiro atoms. The predicted molar refractivity (Wildman–Crippen MR) is 78.6 cm³/mol. The van der Waals surface area contributed by atoms with Gasteiger partial charge in [0.2, 0.25) is 0 Å². The topological polar surface area (TPSA) is 58.9 Å². The molecule has 1 heterocycles. The normalized spacial score (nSPS) is 12.1. The lowest BCUT2D eigenvalue weighted by molar-refractivity contribution is -0.141. The monoisotopic (exact) mass is 324 g/mol. The summed E-state index contributed by atoms with van der Waals surface area (Å²) in [5, 5.41) is 3.32. The maximum Gasteiger partial charge on any atom is 0.435 e. The van der Waals surface area contributed by atoms with Crippen LogP contribution in [0.2, 0.25) is 0 Å². The number of hydrogen-bond donors (Lipinski definition) is 2. The molecule has 0 aliphatic heterocycles. The zero-order chi connectivity index (χ0) is 16.9. The van der Waals surface area contributed by atoms with Crippen LogP contribution in [0.25, 0.3) is 5.70 Å². The van der Waals surface area contributed by atoms with Gasteiger partial charge in [0.25, 0.3) is 5.91 Å². The Hall–Kier alpha value is -2.77. The fourth-order valence-electron chi connectivity index (χ4n) is 1.85. The second kappa shape index (κ2) is 6.99. The number of carbonyl (C=O) groups is 1. The largest absolute Gasteiger partial charge is 0.435 e. The minimum atomic E-state index is -4.52. The molecule has 1 aromatic carbocycles. The summed E-state index contributed by atoms with van der Waals surface area (Å²) < 4.78 is 38.2. The van der Waals surface area contributed by atoms with Crippen LogP contribution >= 0.6 is 0 Å². The summed E-state index contributed by atoms with van der Waals surface area (Å²) in [6, 6.07) is 10.1. The first-order valence-electron chi connectivity index (χ1n) is 6.77. The van der Waals surface area contributed by atoms with E-state index in [1.54, 1.807) is 13.0 Å². The maximum absolute atomic E-state index is 12.4. The number of hydrazine groups is 1. The van der Waals surface area contributed by atoms with Gasteiger partial charge in [-0.1, -0.05) is 36.4 Å². The molecule has 0 fully saturated rings. The van der Waals surface area contributed by atoms with Crippen LogP contribution in [0.3, 0.4) is 0 Å². The quantitative estimate of drug-likeness (QED) is 0.831. The average molecular weight is 324 g/mol. The van der Waals surface area contributed by atoms with Crippen LogP contribution in [0, 0.1) is 0 Å². The van der Waals surface area contributed by atoms with E-state index in [1.165, 1.54) is 0 Å². The summed E-state index contributed by atoms with van der Waals surface area (Å²) in [6.45, 7) is 1.47. The fraction of sp³-hybridized carbons (Fsp3) is 0.200. The van der Waals surface area contributed by atoms with E-state index in [0.717, 1.165) is 22.5 Å². The van der Waals surface area contributed by atoms with Crippen molar-refractivity contribution in [3.63, 3.8) is 0 Å². The Balaban J connectivity index is 1.91. The minimum Gasteiger partial charge on any atom is -0.298 e. The summed E-state index contributed by atoms with van der Waals surface area (Å²) in [4.78, 5) is 11.8. The number of amides is 1. The lowest BCUT2D eigenvalue weighted by Gasteiger charge is -2.12. The molecular weight excluding hydrogens is 309 g/mol. The van der Waals surface area contributed by atoms with E-state index in [-0.39, 0.29) is 6.54 Å². The number of alkyl halides is 3. The van der Waals surface area contributed by atoms with Gasteiger partial charge in [-0.15, -0.1) is 0 Å². The minimum absolute atomic E-state index is 0.325. The van der Waals surface area contributed by atoms with Crippen LogP contribution < -0.4 is 10.9 Å². The summed E-state index contributed by atoms with van der Waals surface area (Å²) in [7, 11) is 0. The van der Waals surface area contributed by atoms with Crippen LogP contribution in [-0.2, 0) is 17.5 Å². The van der Waals surface area contributed by atoms with Crippen LogP contribution in [0.4, 0.5) is 13.2 Å². The molecule has 0 unspecified atom stereocenters. The third-order valence-corrected chi connectivity index (χ3v) is 2.95. The Labute approximate surface area is 130 Å². The van der Waals surface area contributed by atoms with E-state index in [0.29, 0.717) is 5.70 Å². The fourth-order valence-corrected chi connectivity index (χ4v) is 1.85. The van der Waals surface area contributed by atoms with Crippen LogP contribution in [0.1, 0.15) is 18.2 Å². The molecule has 122 valence electrons. The Morgan fingerprint density at radius 1 is 1.22 bits per heavy atom.